The number of rotatable bonds is 4. The van der Waals surface area contributed by atoms with Crippen LogP contribution >= 0.6 is 27.5 Å². The van der Waals surface area contributed by atoms with Crippen molar-refractivity contribution in [2.75, 3.05) is 0 Å². The Kier molecular flexibility index (Phi) is 5.07. The summed E-state index contributed by atoms with van der Waals surface area (Å²) in [7, 11) is 0. The maximum atomic E-state index is 6.27. The molecule has 0 bridgehead atoms. The van der Waals surface area contributed by atoms with Gasteiger partial charge in [0.2, 0.25) is 0 Å². The number of hydrazine groups is 1. The van der Waals surface area contributed by atoms with Crippen molar-refractivity contribution in [2.45, 2.75) is 38.6 Å². The van der Waals surface area contributed by atoms with Crippen molar-refractivity contribution < 1.29 is 0 Å². The molecule has 3 unspecified atom stereocenters. The van der Waals surface area contributed by atoms with Gasteiger partial charge in [-0.25, -0.2) is 0 Å². The molecule has 18 heavy (non-hydrogen) atoms. The van der Waals surface area contributed by atoms with E-state index >= 15 is 0 Å². The molecule has 0 saturated heterocycles. The van der Waals surface area contributed by atoms with Crippen molar-refractivity contribution >= 4 is 27.5 Å². The quantitative estimate of drug-likeness (QED) is 0.648. The molecule has 1 saturated carbocycles. The van der Waals surface area contributed by atoms with Gasteiger partial charge in [-0.05, 0) is 48.8 Å². The summed E-state index contributed by atoms with van der Waals surface area (Å²) in [5.74, 6) is 7.22. The lowest BCUT2D eigenvalue weighted by Crippen LogP contribution is -2.41. The Labute approximate surface area is 122 Å². The summed E-state index contributed by atoms with van der Waals surface area (Å²) in [6.07, 6.45) is 4.75. The molecule has 0 aliphatic heterocycles. The van der Waals surface area contributed by atoms with Crippen molar-refractivity contribution in [3.05, 3.63) is 33.3 Å². The van der Waals surface area contributed by atoms with Crippen molar-refractivity contribution in [1.82, 2.24) is 5.43 Å². The molecular formula is C14H20BrClN2. The van der Waals surface area contributed by atoms with E-state index in [0.29, 0.717) is 12.0 Å². The average molecular weight is 332 g/mol. The summed E-state index contributed by atoms with van der Waals surface area (Å²) in [5.41, 5.74) is 4.15. The molecule has 1 aromatic rings. The van der Waals surface area contributed by atoms with Gasteiger partial charge in [0, 0.05) is 15.5 Å². The molecule has 3 N–H and O–H groups in total. The molecule has 1 aliphatic carbocycles. The largest absolute Gasteiger partial charge is 0.271 e. The molecule has 0 amide bonds. The minimum Gasteiger partial charge on any atom is -0.271 e. The van der Waals surface area contributed by atoms with E-state index in [2.05, 4.69) is 34.3 Å². The van der Waals surface area contributed by atoms with Crippen LogP contribution in [0.1, 0.15) is 31.7 Å². The van der Waals surface area contributed by atoms with E-state index in [1.165, 1.54) is 24.8 Å². The third kappa shape index (κ3) is 3.47. The highest BCUT2D eigenvalue weighted by Gasteiger charge is 2.28. The summed E-state index contributed by atoms with van der Waals surface area (Å²) in [5, 5.41) is 0.815. The van der Waals surface area contributed by atoms with Gasteiger partial charge in [0.25, 0.3) is 0 Å². The lowest BCUT2D eigenvalue weighted by Gasteiger charge is -2.23. The number of benzene rings is 1. The fraction of sp³-hybridized carbons (Fsp3) is 0.571. The predicted octanol–water partition coefficient (Wildman–Crippen LogP) is 3.91. The number of nitrogens with two attached hydrogens (primary N) is 1. The molecule has 0 aromatic heterocycles. The van der Waals surface area contributed by atoms with Crippen LogP contribution in [0.3, 0.4) is 0 Å². The minimum atomic E-state index is 0.327. The fourth-order valence-electron chi connectivity index (χ4n) is 2.90. The first-order chi connectivity index (χ1) is 8.60. The van der Waals surface area contributed by atoms with Crippen molar-refractivity contribution in [1.29, 1.82) is 0 Å². The maximum absolute atomic E-state index is 6.27. The number of hydrogen-bond donors (Lipinski definition) is 2. The van der Waals surface area contributed by atoms with Crippen LogP contribution in [0.4, 0.5) is 0 Å². The second-order valence-corrected chi connectivity index (χ2v) is 6.71. The van der Waals surface area contributed by atoms with Gasteiger partial charge in [0.15, 0.2) is 0 Å². The van der Waals surface area contributed by atoms with E-state index in [1.54, 1.807) is 0 Å². The van der Waals surface area contributed by atoms with E-state index < -0.39 is 0 Å². The van der Waals surface area contributed by atoms with Crippen molar-refractivity contribution in [3.63, 3.8) is 0 Å². The first-order valence-electron chi connectivity index (χ1n) is 6.50. The van der Waals surface area contributed by atoms with Gasteiger partial charge in [-0.3, -0.25) is 11.3 Å². The molecule has 2 rings (SSSR count). The zero-order valence-corrected chi connectivity index (χ0v) is 13.0. The van der Waals surface area contributed by atoms with Gasteiger partial charge in [-0.2, -0.15) is 0 Å². The van der Waals surface area contributed by atoms with E-state index in [9.17, 15) is 0 Å². The average Bonchev–Trinajstić information content (AvgIpc) is 2.75. The Morgan fingerprint density at radius 2 is 2.28 bits per heavy atom. The van der Waals surface area contributed by atoms with Crippen LogP contribution in [0.15, 0.2) is 22.7 Å². The Morgan fingerprint density at radius 1 is 1.50 bits per heavy atom. The molecule has 100 valence electrons. The number of halogens is 2. The van der Waals surface area contributed by atoms with Gasteiger partial charge in [0.1, 0.15) is 0 Å². The third-order valence-corrected chi connectivity index (χ3v) is 4.82. The summed E-state index contributed by atoms with van der Waals surface area (Å²) < 4.78 is 1.02. The van der Waals surface area contributed by atoms with Gasteiger partial charge >= 0.3 is 0 Å². The van der Waals surface area contributed by atoms with Crippen LogP contribution in [0.2, 0.25) is 5.02 Å². The topological polar surface area (TPSA) is 38.0 Å². The van der Waals surface area contributed by atoms with Crippen LogP contribution < -0.4 is 11.3 Å². The van der Waals surface area contributed by atoms with Crippen molar-refractivity contribution in [3.8, 4) is 0 Å². The highest BCUT2D eigenvalue weighted by molar-refractivity contribution is 9.10. The molecule has 1 aromatic carbocycles. The van der Waals surface area contributed by atoms with Crippen molar-refractivity contribution in [2.24, 2.45) is 17.7 Å². The maximum Gasteiger partial charge on any atom is 0.0449 e. The normalized spacial score (nSPS) is 25.3. The Morgan fingerprint density at radius 3 is 2.83 bits per heavy atom. The molecule has 1 fully saturated rings. The summed E-state index contributed by atoms with van der Waals surface area (Å²) in [6, 6.07) is 6.39. The monoisotopic (exact) mass is 330 g/mol. The highest BCUT2D eigenvalue weighted by Crippen LogP contribution is 2.34. The van der Waals surface area contributed by atoms with Crippen LogP contribution in [-0.2, 0) is 6.42 Å². The second kappa shape index (κ2) is 6.38. The van der Waals surface area contributed by atoms with E-state index in [0.717, 1.165) is 21.8 Å². The minimum absolute atomic E-state index is 0.327. The van der Waals surface area contributed by atoms with E-state index in [4.69, 9.17) is 17.4 Å². The SMILES string of the molecule is CC1CCC(C(Cc2ccc(Br)cc2Cl)NN)C1. The zero-order chi connectivity index (χ0) is 13.1. The predicted molar refractivity (Wildman–Crippen MR) is 80.5 cm³/mol. The highest BCUT2D eigenvalue weighted by atomic mass is 79.9. The molecule has 1 aliphatic rings. The molecule has 0 radical (unpaired) electrons. The first-order valence-corrected chi connectivity index (χ1v) is 7.67. The zero-order valence-electron chi connectivity index (χ0n) is 10.6. The van der Waals surface area contributed by atoms with Crippen LogP contribution in [0, 0.1) is 11.8 Å². The Bertz CT molecular complexity index is 411. The second-order valence-electron chi connectivity index (χ2n) is 5.39. The molecule has 4 heteroatoms. The van der Waals surface area contributed by atoms with Crippen LogP contribution in [-0.4, -0.2) is 6.04 Å². The van der Waals surface area contributed by atoms with E-state index in [1.807, 2.05) is 12.1 Å². The fourth-order valence-corrected chi connectivity index (χ4v) is 3.65. The van der Waals surface area contributed by atoms with Gasteiger partial charge in [-0.15, -0.1) is 0 Å². The Balaban J connectivity index is 2.05. The van der Waals surface area contributed by atoms with Gasteiger partial charge < -0.3 is 0 Å². The lowest BCUT2D eigenvalue weighted by atomic mass is 9.92. The molecule has 2 nitrogen and oxygen atoms in total. The molecule has 0 spiro atoms. The molecular weight excluding hydrogens is 312 g/mol. The van der Waals surface area contributed by atoms with Crippen LogP contribution in [0.25, 0.3) is 0 Å². The van der Waals surface area contributed by atoms with Gasteiger partial charge in [0.05, 0.1) is 0 Å². The van der Waals surface area contributed by atoms with E-state index in [-0.39, 0.29) is 0 Å². The number of nitrogens with one attached hydrogen (secondary N) is 1. The Hall–Kier alpha value is -0.0900. The summed E-state index contributed by atoms with van der Waals surface area (Å²) in [4.78, 5) is 0. The summed E-state index contributed by atoms with van der Waals surface area (Å²) in [6.45, 7) is 2.32. The summed E-state index contributed by atoms with van der Waals surface area (Å²) >= 11 is 9.70. The first kappa shape index (κ1) is 14.3. The standard InChI is InChI=1S/C14H20BrClN2/c1-9-2-3-11(6-9)14(18-17)7-10-4-5-12(15)8-13(10)16/h4-5,8-9,11,14,18H,2-3,6-7,17H2,1H3. The van der Waals surface area contributed by atoms with Gasteiger partial charge in [-0.1, -0.05) is 46.9 Å². The number of hydrogen-bond acceptors (Lipinski definition) is 2. The van der Waals surface area contributed by atoms with Crippen LogP contribution in [0.5, 0.6) is 0 Å². The molecule has 0 heterocycles. The third-order valence-electron chi connectivity index (χ3n) is 3.97. The lowest BCUT2D eigenvalue weighted by molar-refractivity contribution is 0.353. The molecule has 3 atom stereocenters. The smallest absolute Gasteiger partial charge is 0.0449 e.